The van der Waals surface area contributed by atoms with Crippen LogP contribution in [-0.2, 0) is 79.7 Å². The van der Waals surface area contributed by atoms with E-state index in [1.54, 1.807) is 0 Å². The second-order valence-corrected chi connectivity index (χ2v) is 35.4. The van der Waals surface area contributed by atoms with Crippen LogP contribution in [0.3, 0.4) is 0 Å². The number of hydrogen-bond acceptors (Lipinski definition) is 0. The molecular formula is C76H90BF4KNRh2S2Si2-7. The third-order valence-corrected chi connectivity index (χ3v) is 22.5. The van der Waals surface area contributed by atoms with Gasteiger partial charge in [0.1, 0.15) is 5.75 Å². The van der Waals surface area contributed by atoms with Crippen molar-refractivity contribution in [2.75, 3.05) is 0 Å². The maximum absolute atomic E-state index is 9.67. The van der Waals surface area contributed by atoms with Crippen molar-refractivity contribution < 1.29 is 106 Å². The largest absolute Gasteiger partial charge is 0.161 e. The van der Waals surface area contributed by atoms with Crippen LogP contribution in [0.2, 0.25) is 39.3 Å². The average molecular weight is 1470 g/mol. The van der Waals surface area contributed by atoms with E-state index in [2.05, 4.69) is 336 Å². The van der Waals surface area contributed by atoms with E-state index in [0.717, 1.165) is 31.4 Å². The molecule has 0 atom stereocenters. The molecule has 0 saturated heterocycles. The summed E-state index contributed by atoms with van der Waals surface area (Å²) in [7, 11) is -5.81. The van der Waals surface area contributed by atoms with Gasteiger partial charge in [-0.1, -0.05) is 217 Å². The average Bonchev–Trinajstić information content (AvgIpc) is 3.63. The van der Waals surface area contributed by atoms with E-state index >= 15 is 0 Å². The summed E-state index contributed by atoms with van der Waals surface area (Å²) in [6, 6.07) is 85.5. The fourth-order valence-corrected chi connectivity index (χ4v) is 20.9. The maximum atomic E-state index is 9.67. The summed E-state index contributed by atoms with van der Waals surface area (Å²) in [5.74, 6) is 1.06. The van der Waals surface area contributed by atoms with Crippen LogP contribution < -0.4 is 56.1 Å². The predicted octanol–water partition coefficient (Wildman–Crippen LogP) is 15.6. The Kier molecular flexibility index (Phi) is 48.3. The van der Waals surface area contributed by atoms with Crippen molar-refractivity contribution in [3.8, 4) is 0 Å². The van der Waals surface area contributed by atoms with Gasteiger partial charge in [-0.3, -0.25) is 12.9 Å². The number of nitrogens with zero attached hydrogens (tertiary/aromatic N) is 1. The number of hydrogen-bond donors (Lipinski definition) is 0. The van der Waals surface area contributed by atoms with Gasteiger partial charge in [-0.05, 0) is 59.5 Å². The Morgan fingerprint density at radius 1 is 0.472 bits per heavy atom. The number of halogens is 4. The molecule has 0 N–H and O–H groups in total. The van der Waals surface area contributed by atoms with Crippen LogP contribution >= 0.6 is 10.5 Å². The summed E-state index contributed by atoms with van der Waals surface area (Å²) >= 11 is 2.74. The number of rotatable bonds is 14. The molecule has 0 fully saturated rings. The predicted molar refractivity (Wildman–Crippen MR) is 378 cm³/mol. The first-order chi connectivity index (χ1) is 40.6. The molecule has 9 aromatic carbocycles. The van der Waals surface area contributed by atoms with Gasteiger partial charge in [-0.15, -0.1) is 10.5 Å². The zero-order chi connectivity index (χ0) is 62.6. The normalized spacial score (nSPS) is 10.0. The van der Waals surface area contributed by atoms with Crippen LogP contribution in [0.15, 0.2) is 244 Å². The minimum Gasteiger partial charge on any atom is -0.0622 e. The summed E-state index contributed by atoms with van der Waals surface area (Å²) < 4.78 is 35.8. The van der Waals surface area contributed by atoms with E-state index < -0.39 is 24.0 Å². The molecule has 9 rings (SSSR count). The van der Waals surface area contributed by atoms with Crippen molar-refractivity contribution in [1.82, 2.24) is 0 Å². The van der Waals surface area contributed by atoms with Crippen molar-refractivity contribution in [2.24, 2.45) is 0 Å². The minimum absolute atomic E-state index is 0. The molecule has 9 aromatic rings. The molecule has 0 amide bonds. The molecule has 0 unspecified atom stereocenters. The monoisotopic (exact) mass is 1470 g/mol. The van der Waals surface area contributed by atoms with E-state index in [1.807, 2.05) is 22.8 Å². The van der Waals surface area contributed by atoms with Crippen molar-refractivity contribution in [3.05, 3.63) is 338 Å². The molecule has 1 nitrogen and oxygen atoms in total. The summed E-state index contributed by atoms with van der Waals surface area (Å²) in [6.07, 6.45) is 3.27. The van der Waals surface area contributed by atoms with Crippen molar-refractivity contribution in [1.29, 1.82) is 0 Å². The Bertz CT molecular complexity index is 3070. The molecule has 0 spiro atoms. The first kappa shape index (κ1) is 87.5. The Balaban J connectivity index is 0. The molecule has 0 saturated carbocycles. The van der Waals surface area contributed by atoms with Gasteiger partial charge < -0.3 is 44.5 Å². The van der Waals surface area contributed by atoms with Crippen LogP contribution in [0.25, 0.3) is 4.65 Å². The fourth-order valence-electron chi connectivity index (χ4n) is 8.61. The molecule has 0 heterocycles. The first-order valence-corrected chi connectivity index (χ1v) is 39.0. The fraction of sp³-hybridized carbons (Fsp3) is 0.197. The number of benzene rings is 9. The van der Waals surface area contributed by atoms with Crippen LogP contribution in [0, 0.1) is 74.9 Å². The Morgan fingerprint density at radius 3 is 0.978 bits per heavy atom. The molecular weight excluding hydrogens is 1380 g/mol. The maximum Gasteiger partial charge on any atom is 0.161 e. The van der Waals surface area contributed by atoms with E-state index in [9.17, 15) is 12.9 Å². The summed E-state index contributed by atoms with van der Waals surface area (Å²) in [5.41, 5.74) is 13.9. The molecule has 0 aliphatic carbocycles. The summed E-state index contributed by atoms with van der Waals surface area (Å²) in [4.78, 5) is 5.51. The van der Waals surface area contributed by atoms with Gasteiger partial charge in [0.2, 0.25) is 0 Å². The first-order valence-electron chi connectivity index (χ1n) is 28.5. The Hall–Kier alpha value is -3.52. The molecule has 0 aliphatic rings. The molecule has 1 radical (unpaired) electrons. The molecule has 0 aliphatic heterocycles. The second-order valence-electron chi connectivity index (χ2n) is 21.5. The second kappa shape index (κ2) is 49.1. The van der Waals surface area contributed by atoms with Crippen LogP contribution in [0.5, 0.6) is 0 Å². The standard InChI is InChI=1S/C19H17S.C19H16S.2C12H15.C7H6.C6H18NSi2.CH3.BF3.FH.K.2Rh/c2*1-4-10-17(11-5-1)16-20(18-12-6-2-7-13-18)19-14-8-3-9-15-19;2*1-5-11-8-12(6-2)10(4)7-9(11)3;1-7-5-3-2-4-6-7;1-8(2,3)7-9(4,5)6;;2-1(3)4;;;;/h1-15H,16H2;1-16H;2*7H,1-2,5-6H2,3-4H3;1-6H;1-6H3;1H3;;1H;;;/q+1;;2*-3;;2*-1;;;+1;;/p-1. The van der Waals surface area contributed by atoms with Crippen molar-refractivity contribution in [3.63, 3.8) is 0 Å². The van der Waals surface area contributed by atoms with Crippen molar-refractivity contribution in [2.45, 2.75) is 118 Å². The Morgan fingerprint density at radius 2 is 0.730 bits per heavy atom. The van der Waals surface area contributed by atoms with Crippen molar-refractivity contribution >= 4 is 55.4 Å². The molecule has 0 aromatic heterocycles. The van der Waals surface area contributed by atoms with Gasteiger partial charge in [0.15, 0.2) is 9.79 Å². The summed E-state index contributed by atoms with van der Waals surface area (Å²) in [6.45, 7) is 37.7. The van der Waals surface area contributed by atoms with E-state index in [1.165, 1.54) is 80.8 Å². The molecule has 89 heavy (non-hydrogen) atoms. The van der Waals surface area contributed by atoms with E-state index in [-0.39, 0.29) is 104 Å². The summed E-state index contributed by atoms with van der Waals surface area (Å²) in [5, 5.41) is 2.35. The van der Waals surface area contributed by atoms with Gasteiger partial charge in [0, 0.05) is 34.8 Å². The van der Waals surface area contributed by atoms with Gasteiger partial charge >= 0.3 is 117 Å². The topological polar surface area (TPSA) is 14.1 Å². The van der Waals surface area contributed by atoms with Crippen LogP contribution in [-0.4, -0.2) is 34.0 Å². The smallest absolute Gasteiger partial charge is 0.0622 e. The molecule has 13 heteroatoms. The zero-order valence-electron chi connectivity index (χ0n) is 54.4. The minimum atomic E-state index is -3.67. The Labute approximate surface area is 610 Å². The SMILES string of the molecule is C(c1ccccc1)=S(c1ccccc1)c1ccccc1.C[Si](C)(C)[N-][Si](C)(C)C.FB(F)F.[CH2-]Cc1[c-]c(C[CH2-])c(C)cc1C.[CH2-]Cc1[c-]c(C[CH2-])c(C)cc1C.[CH3-].[F-].[K+].[Rh].[Rh]=[CH]c1ccccc1.c1ccc(C[S+](c2ccccc2)c2ccccc2)cc1. The quantitative estimate of drug-likeness (QED) is 0.0339. The number of aryl methyl sites for hydroxylation is 4. The molecule has 0 bridgehead atoms. The van der Waals surface area contributed by atoms with E-state index in [4.69, 9.17) is 4.65 Å². The zero-order valence-corrected chi connectivity index (χ0v) is 64.4. The van der Waals surface area contributed by atoms with E-state index in [0.29, 0.717) is 0 Å². The van der Waals surface area contributed by atoms with Gasteiger partial charge in [-0.2, -0.15) is 94.5 Å². The van der Waals surface area contributed by atoms with Crippen LogP contribution in [0.4, 0.5) is 12.9 Å². The van der Waals surface area contributed by atoms with Crippen LogP contribution in [0.1, 0.15) is 61.2 Å². The van der Waals surface area contributed by atoms with Gasteiger partial charge in [-0.25, -0.2) is 0 Å². The molecule has 476 valence electrons. The van der Waals surface area contributed by atoms with Gasteiger partial charge in [0.25, 0.3) is 0 Å². The third kappa shape index (κ3) is 37.1. The van der Waals surface area contributed by atoms with Gasteiger partial charge in [0.05, 0.1) is 10.9 Å². The third-order valence-electron chi connectivity index (χ3n) is 12.2.